The van der Waals surface area contributed by atoms with Crippen LogP contribution in [0.15, 0.2) is 91.3 Å². The van der Waals surface area contributed by atoms with Crippen molar-refractivity contribution in [3.63, 3.8) is 0 Å². The highest BCUT2D eigenvalue weighted by Crippen LogP contribution is 2.27. The van der Waals surface area contributed by atoms with Crippen LogP contribution in [-0.4, -0.2) is 21.8 Å². The Hall–Kier alpha value is -3.59. The Morgan fingerprint density at radius 1 is 0.844 bits per heavy atom. The second-order valence-corrected chi connectivity index (χ2v) is 8.13. The van der Waals surface area contributed by atoms with Crippen LogP contribution in [0.3, 0.4) is 0 Å². The zero-order chi connectivity index (χ0) is 22.3. The molecule has 0 saturated carbocycles. The Labute approximate surface area is 199 Å². The number of pyridine rings is 2. The smallest absolute Gasteiger partial charge is 0.270 e. The maximum Gasteiger partial charge on any atom is 0.270 e. The van der Waals surface area contributed by atoms with Crippen molar-refractivity contribution in [1.82, 2.24) is 15.3 Å². The third-order valence-corrected chi connectivity index (χ3v) is 5.66. The number of nitrogens with one attached hydrogen (secondary N) is 2. The van der Waals surface area contributed by atoms with Gasteiger partial charge >= 0.3 is 0 Å². The highest BCUT2D eigenvalue weighted by molar-refractivity contribution is 14.1. The highest BCUT2D eigenvalue weighted by atomic mass is 127. The summed E-state index contributed by atoms with van der Waals surface area (Å²) in [6.07, 6.45) is 3.14. The van der Waals surface area contributed by atoms with Gasteiger partial charge in [0.05, 0.1) is 11.3 Å². The molecule has 4 aromatic rings. The van der Waals surface area contributed by atoms with Gasteiger partial charge in [-0.3, -0.25) is 19.6 Å². The van der Waals surface area contributed by atoms with Gasteiger partial charge in [0, 0.05) is 33.8 Å². The number of aromatic nitrogens is 2. The van der Waals surface area contributed by atoms with Crippen LogP contribution < -0.4 is 10.6 Å². The first-order valence-electron chi connectivity index (χ1n) is 9.90. The Morgan fingerprint density at radius 2 is 1.66 bits per heavy atom. The number of anilines is 1. The van der Waals surface area contributed by atoms with Crippen molar-refractivity contribution in [3.8, 4) is 11.3 Å². The lowest BCUT2D eigenvalue weighted by atomic mass is 10.1. The molecule has 4 rings (SSSR count). The number of hydrogen-bond donors (Lipinski definition) is 2. The maximum absolute atomic E-state index is 12.7. The van der Waals surface area contributed by atoms with E-state index in [0.29, 0.717) is 17.8 Å². The molecule has 0 atom stereocenters. The number of hydrogen-bond acceptors (Lipinski definition) is 4. The lowest BCUT2D eigenvalue weighted by Gasteiger charge is -2.10. The van der Waals surface area contributed by atoms with Gasteiger partial charge in [0.1, 0.15) is 5.69 Å². The summed E-state index contributed by atoms with van der Waals surface area (Å²) in [4.78, 5) is 33.5. The number of nitrogens with zero attached hydrogens (tertiary/aromatic N) is 2. The third kappa shape index (κ3) is 5.36. The molecule has 2 aromatic heterocycles. The molecule has 0 aliphatic heterocycles. The normalized spacial score (nSPS) is 10.4. The molecule has 2 heterocycles. The van der Waals surface area contributed by atoms with Gasteiger partial charge in [0.25, 0.3) is 11.8 Å². The quantitative estimate of drug-likeness (QED) is 0.344. The van der Waals surface area contributed by atoms with Crippen LogP contribution in [0.25, 0.3) is 11.3 Å². The molecule has 0 saturated heterocycles. The van der Waals surface area contributed by atoms with E-state index in [1.54, 1.807) is 18.3 Å². The van der Waals surface area contributed by atoms with Crippen LogP contribution in [0.1, 0.15) is 26.4 Å². The van der Waals surface area contributed by atoms with Crippen molar-refractivity contribution in [3.05, 3.63) is 112 Å². The van der Waals surface area contributed by atoms with Gasteiger partial charge in [-0.2, -0.15) is 0 Å². The van der Waals surface area contributed by atoms with Gasteiger partial charge in [-0.05, 0) is 70.6 Å². The van der Waals surface area contributed by atoms with E-state index in [4.69, 9.17) is 0 Å². The molecule has 0 fully saturated rings. The van der Waals surface area contributed by atoms with E-state index in [9.17, 15) is 9.59 Å². The van der Waals surface area contributed by atoms with E-state index in [1.165, 1.54) is 6.20 Å². The van der Waals surface area contributed by atoms with Crippen molar-refractivity contribution in [2.75, 3.05) is 5.32 Å². The number of halogens is 1. The number of amides is 2. The molecule has 0 aliphatic carbocycles. The summed E-state index contributed by atoms with van der Waals surface area (Å²) in [6.45, 7) is 0.412. The van der Waals surface area contributed by atoms with Crippen molar-refractivity contribution in [1.29, 1.82) is 0 Å². The van der Waals surface area contributed by atoms with Crippen LogP contribution in [0.5, 0.6) is 0 Å². The Balaban J connectivity index is 1.41. The first-order valence-corrected chi connectivity index (χ1v) is 11.0. The summed E-state index contributed by atoms with van der Waals surface area (Å²) in [7, 11) is 0. The fourth-order valence-electron chi connectivity index (χ4n) is 3.06. The topological polar surface area (TPSA) is 84.0 Å². The van der Waals surface area contributed by atoms with E-state index in [1.807, 2.05) is 66.7 Å². The van der Waals surface area contributed by atoms with Crippen LogP contribution in [-0.2, 0) is 6.54 Å². The fraction of sp³-hybridized carbons (Fsp3) is 0.0400. The zero-order valence-electron chi connectivity index (χ0n) is 17.0. The summed E-state index contributed by atoms with van der Waals surface area (Å²) in [6, 6.07) is 24.1. The lowest BCUT2D eigenvalue weighted by Crippen LogP contribution is -2.24. The van der Waals surface area contributed by atoms with Gasteiger partial charge in [-0.15, -0.1) is 0 Å². The van der Waals surface area contributed by atoms with Crippen molar-refractivity contribution < 1.29 is 9.59 Å². The Kier molecular flexibility index (Phi) is 6.86. The van der Waals surface area contributed by atoms with Crippen LogP contribution in [0.2, 0.25) is 0 Å². The standard InChI is InChI=1S/C25H19IN4O2/c26-21-11-10-19(14-20(21)22-8-4-5-13-27-22)30-24(31)18-9-12-23(28-16-18)25(32)29-15-17-6-2-1-3-7-17/h1-14,16H,15H2,(H,29,32)(H,30,31). The summed E-state index contributed by atoms with van der Waals surface area (Å²) < 4.78 is 1.03. The summed E-state index contributed by atoms with van der Waals surface area (Å²) in [5, 5.41) is 5.70. The number of carbonyl (C=O) groups excluding carboxylic acids is 2. The maximum atomic E-state index is 12.7. The first-order chi connectivity index (χ1) is 15.6. The average Bonchev–Trinajstić information content (AvgIpc) is 2.85. The molecule has 2 N–H and O–H groups in total. The van der Waals surface area contributed by atoms with Gasteiger partial charge in [-0.1, -0.05) is 36.4 Å². The van der Waals surface area contributed by atoms with Gasteiger partial charge in [-0.25, -0.2) is 0 Å². The number of benzene rings is 2. The van der Waals surface area contributed by atoms with E-state index < -0.39 is 0 Å². The molecule has 0 spiro atoms. The molecule has 0 bridgehead atoms. The van der Waals surface area contributed by atoms with Crippen molar-refractivity contribution in [2.24, 2.45) is 0 Å². The largest absolute Gasteiger partial charge is 0.347 e. The molecular weight excluding hydrogens is 515 g/mol. The SMILES string of the molecule is O=C(Nc1ccc(I)c(-c2ccccn2)c1)c1ccc(C(=O)NCc2ccccc2)nc1. The molecule has 7 heteroatoms. The van der Waals surface area contributed by atoms with Crippen LogP contribution in [0, 0.1) is 3.57 Å². The lowest BCUT2D eigenvalue weighted by molar-refractivity contribution is 0.0944. The van der Waals surface area contributed by atoms with E-state index in [2.05, 4.69) is 43.2 Å². The van der Waals surface area contributed by atoms with Crippen LogP contribution in [0.4, 0.5) is 5.69 Å². The van der Waals surface area contributed by atoms with Crippen molar-refractivity contribution >= 4 is 40.1 Å². The summed E-state index contributed by atoms with van der Waals surface area (Å²) in [5.41, 5.74) is 4.04. The van der Waals surface area contributed by atoms with Gasteiger partial charge in [0.2, 0.25) is 0 Å². The Morgan fingerprint density at radius 3 is 2.38 bits per heavy atom. The molecule has 0 radical (unpaired) electrons. The first kappa shape index (κ1) is 21.6. The summed E-state index contributed by atoms with van der Waals surface area (Å²) >= 11 is 2.25. The molecule has 2 amide bonds. The molecule has 158 valence electrons. The van der Waals surface area contributed by atoms with Crippen molar-refractivity contribution in [2.45, 2.75) is 6.54 Å². The van der Waals surface area contributed by atoms with Crippen LogP contribution >= 0.6 is 22.6 Å². The average molecular weight is 534 g/mol. The minimum absolute atomic E-state index is 0.254. The van der Waals surface area contributed by atoms with E-state index in [0.717, 1.165) is 20.4 Å². The minimum atomic E-state index is -0.304. The molecule has 6 nitrogen and oxygen atoms in total. The molecule has 32 heavy (non-hydrogen) atoms. The molecule has 0 unspecified atom stereocenters. The highest BCUT2D eigenvalue weighted by Gasteiger charge is 2.12. The monoisotopic (exact) mass is 534 g/mol. The second-order valence-electron chi connectivity index (χ2n) is 6.96. The molecular formula is C25H19IN4O2. The van der Waals surface area contributed by atoms with Gasteiger partial charge in [0.15, 0.2) is 0 Å². The van der Waals surface area contributed by atoms with E-state index in [-0.39, 0.29) is 17.5 Å². The molecule has 2 aromatic carbocycles. The zero-order valence-corrected chi connectivity index (χ0v) is 19.1. The molecule has 0 aliphatic rings. The summed E-state index contributed by atoms with van der Waals surface area (Å²) in [5.74, 6) is -0.597. The predicted molar refractivity (Wildman–Crippen MR) is 132 cm³/mol. The van der Waals surface area contributed by atoms with E-state index >= 15 is 0 Å². The predicted octanol–water partition coefficient (Wildman–Crippen LogP) is 4.93. The van der Waals surface area contributed by atoms with Gasteiger partial charge < -0.3 is 10.6 Å². The third-order valence-electron chi connectivity index (χ3n) is 4.72. The number of carbonyl (C=O) groups is 2. The Bertz CT molecular complexity index is 1230. The minimum Gasteiger partial charge on any atom is -0.347 e. The second kappa shape index (κ2) is 10.1. The fourth-order valence-corrected chi connectivity index (χ4v) is 3.67. The number of rotatable bonds is 6.